The quantitative estimate of drug-likeness (QED) is 0.521. The molecule has 0 bridgehead atoms. The Hall–Kier alpha value is -1.51. The predicted octanol–water partition coefficient (Wildman–Crippen LogP) is 0.332. The first-order chi connectivity index (χ1) is 6.20. The zero-order valence-electron chi connectivity index (χ0n) is 7.32. The third-order valence-corrected chi connectivity index (χ3v) is 2.16. The van der Waals surface area contributed by atoms with Crippen molar-refractivity contribution < 1.29 is 0 Å². The van der Waals surface area contributed by atoms with Gasteiger partial charge in [0.1, 0.15) is 7.85 Å². The molecule has 0 atom stereocenters. The molecule has 13 heavy (non-hydrogen) atoms. The second kappa shape index (κ2) is 2.77. The molecule has 0 fully saturated rings. The first kappa shape index (κ1) is 8.11. The van der Waals surface area contributed by atoms with E-state index in [0.717, 1.165) is 10.9 Å². The standard InChI is InChI=1S/C10H8BNO/c1-12-9-5-3-2-4-7(9)6-8(11)10(12)13/h2-6H,1H3. The lowest BCUT2D eigenvalue weighted by Crippen LogP contribution is -2.32. The molecule has 0 N–H and O–H groups in total. The third-order valence-electron chi connectivity index (χ3n) is 2.16. The summed E-state index contributed by atoms with van der Waals surface area (Å²) < 4.78 is 1.56. The summed E-state index contributed by atoms with van der Waals surface area (Å²) in [5.74, 6) is 0. The number of pyridine rings is 1. The molecule has 2 radical (unpaired) electrons. The SMILES string of the molecule is [B]c1cc2ccccc2n(C)c1=O. The predicted molar refractivity (Wildman–Crippen MR) is 54.6 cm³/mol. The monoisotopic (exact) mass is 169 g/mol. The Morgan fingerprint density at radius 3 is 2.77 bits per heavy atom. The molecule has 1 aromatic carbocycles. The van der Waals surface area contributed by atoms with Gasteiger partial charge in [-0.25, -0.2) is 0 Å². The van der Waals surface area contributed by atoms with Gasteiger partial charge in [-0.2, -0.15) is 0 Å². The van der Waals surface area contributed by atoms with Gasteiger partial charge in [-0.15, -0.1) is 0 Å². The van der Waals surface area contributed by atoms with E-state index < -0.39 is 0 Å². The van der Waals surface area contributed by atoms with Gasteiger partial charge in [0, 0.05) is 7.05 Å². The van der Waals surface area contributed by atoms with Crippen molar-refractivity contribution in [3.8, 4) is 0 Å². The zero-order chi connectivity index (χ0) is 9.42. The Balaban J connectivity index is 3.02. The maximum atomic E-state index is 11.4. The summed E-state index contributed by atoms with van der Waals surface area (Å²) in [6.07, 6.45) is 0. The Morgan fingerprint density at radius 2 is 2.00 bits per heavy atom. The lowest BCUT2D eigenvalue weighted by molar-refractivity contribution is 0.914. The van der Waals surface area contributed by atoms with Crippen molar-refractivity contribution in [1.82, 2.24) is 4.57 Å². The molecular weight excluding hydrogens is 161 g/mol. The second-order valence-corrected chi connectivity index (χ2v) is 3.02. The smallest absolute Gasteiger partial charge is 0.243 e. The molecular formula is C10H8BNO. The van der Waals surface area contributed by atoms with E-state index in [4.69, 9.17) is 7.85 Å². The van der Waals surface area contributed by atoms with Crippen LogP contribution in [0.25, 0.3) is 10.9 Å². The van der Waals surface area contributed by atoms with Gasteiger partial charge in [-0.1, -0.05) is 24.3 Å². The van der Waals surface area contributed by atoms with Crippen LogP contribution in [0, 0.1) is 0 Å². The molecule has 0 aliphatic carbocycles. The number of nitrogens with zero attached hydrogens (tertiary/aromatic N) is 1. The molecule has 0 unspecified atom stereocenters. The van der Waals surface area contributed by atoms with E-state index in [2.05, 4.69) is 0 Å². The van der Waals surface area contributed by atoms with Crippen LogP contribution in [0.15, 0.2) is 35.1 Å². The van der Waals surface area contributed by atoms with Gasteiger partial charge in [0.15, 0.2) is 0 Å². The van der Waals surface area contributed by atoms with Gasteiger partial charge in [0.05, 0.1) is 5.52 Å². The van der Waals surface area contributed by atoms with Gasteiger partial charge in [0.2, 0.25) is 5.56 Å². The largest absolute Gasteiger partial charge is 0.312 e. The molecule has 0 saturated heterocycles. The second-order valence-electron chi connectivity index (χ2n) is 3.02. The average Bonchev–Trinajstić information content (AvgIpc) is 2.15. The molecule has 62 valence electrons. The lowest BCUT2D eigenvalue weighted by atomic mass is 9.96. The van der Waals surface area contributed by atoms with Gasteiger partial charge < -0.3 is 4.57 Å². The fourth-order valence-electron chi connectivity index (χ4n) is 1.45. The van der Waals surface area contributed by atoms with Crippen molar-refractivity contribution in [2.75, 3.05) is 0 Å². The molecule has 2 aromatic rings. The van der Waals surface area contributed by atoms with E-state index in [1.54, 1.807) is 17.7 Å². The number of fused-ring (bicyclic) bond motifs is 1. The first-order valence-corrected chi connectivity index (χ1v) is 4.04. The minimum absolute atomic E-state index is 0.140. The van der Waals surface area contributed by atoms with Crippen LogP contribution in [0.5, 0.6) is 0 Å². The first-order valence-electron chi connectivity index (χ1n) is 4.04. The Morgan fingerprint density at radius 1 is 1.31 bits per heavy atom. The fourth-order valence-corrected chi connectivity index (χ4v) is 1.45. The topological polar surface area (TPSA) is 22.0 Å². The minimum Gasteiger partial charge on any atom is -0.312 e. The lowest BCUT2D eigenvalue weighted by Gasteiger charge is -2.05. The summed E-state index contributed by atoms with van der Waals surface area (Å²) in [5.41, 5.74) is 1.06. The summed E-state index contributed by atoms with van der Waals surface area (Å²) in [6, 6.07) is 9.36. The van der Waals surface area contributed by atoms with E-state index >= 15 is 0 Å². The van der Waals surface area contributed by atoms with Crippen LogP contribution in [0.4, 0.5) is 0 Å². The Labute approximate surface area is 77.2 Å². The number of aromatic nitrogens is 1. The van der Waals surface area contributed by atoms with E-state index in [9.17, 15) is 4.79 Å². The molecule has 0 aliphatic heterocycles. The van der Waals surface area contributed by atoms with Gasteiger partial charge >= 0.3 is 0 Å². The van der Waals surface area contributed by atoms with Crippen LogP contribution in [-0.2, 0) is 7.05 Å². The summed E-state index contributed by atoms with van der Waals surface area (Å²) in [7, 11) is 7.28. The van der Waals surface area contributed by atoms with E-state index in [1.165, 1.54) is 0 Å². The average molecular weight is 169 g/mol. The highest BCUT2D eigenvalue weighted by Gasteiger charge is 2.00. The summed E-state index contributed by atoms with van der Waals surface area (Å²) in [6.45, 7) is 0. The van der Waals surface area contributed by atoms with Crippen LogP contribution < -0.4 is 11.0 Å². The molecule has 1 aromatic heterocycles. The molecule has 0 saturated carbocycles. The number of para-hydroxylation sites is 1. The van der Waals surface area contributed by atoms with Crippen LogP contribution in [0.2, 0.25) is 0 Å². The Kier molecular flexibility index (Phi) is 1.73. The van der Waals surface area contributed by atoms with Crippen LogP contribution in [-0.4, -0.2) is 12.4 Å². The van der Waals surface area contributed by atoms with Crippen molar-refractivity contribution in [2.24, 2.45) is 7.05 Å². The number of hydrogen-bond acceptors (Lipinski definition) is 1. The summed E-state index contributed by atoms with van der Waals surface area (Å²) in [4.78, 5) is 11.4. The molecule has 0 aliphatic rings. The molecule has 1 heterocycles. The third kappa shape index (κ3) is 1.17. The number of aryl methyl sites for hydroxylation is 1. The molecule has 0 spiro atoms. The highest BCUT2D eigenvalue weighted by Crippen LogP contribution is 2.07. The van der Waals surface area contributed by atoms with Crippen molar-refractivity contribution in [1.29, 1.82) is 0 Å². The highest BCUT2D eigenvalue weighted by atomic mass is 16.1. The normalized spacial score (nSPS) is 10.5. The molecule has 2 rings (SSSR count). The minimum atomic E-state index is -0.140. The fraction of sp³-hybridized carbons (Fsp3) is 0.100. The highest BCUT2D eigenvalue weighted by molar-refractivity contribution is 6.32. The van der Waals surface area contributed by atoms with Crippen molar-refractivity contribution in [3.63, 3.8) is 0 Å². The maximum Gasteiger partial charge on any atom is 0.243 e. The van der Waals surface area contributed by atoms with Crippen molar-refractivity contribution in [2.45, 2.75) is 0 Å². The number of rotatable bonds is 0. The van der Waals surface area contributed by atoms with E-state index in [0.29, 0.717) is 5.46 Å². The maximum absolute atomic E-state index is 11.4. The summed E-state index contributed by atoms with van der Waals surface area (Å²) in [5, 5.41) is 0.988. The van der Waals surface area contributed by atoms with Crippen LogP contribution in [0.1, 0.15) is 0 Å². The Bertz CT molecular complexity index is 516. The zero-order valence-corrected chi connectivity index (χ0v) is 7.32. The molecule has 0 amide bonds. The van der Waals surface area contributed by atoms with Gasteiger partial charge in [-0.3, -0.25) is 4.79 Å². The summed E-state index contributed by atoms with van der Waals surface area (Å²) >= 11 is 0. The molecule has 2 nitrogen and oxygen atoms in total. The molecule has 3 heteroatoms. The van der Waals surface area contributed by atoms with Crippen LogP contribution >= 0.6 is 0 Å². The van der Waals surface area contributed by atoms with E-state index in [1.807, 2.05) is 24.3 Å². The number of hydrogen-bond donors (Lipinski definition) is 0. The van der Waals surface area contributed by atoms with Crippen molar-refractivity contribution >= 4 is 24.2 Å². The van der Waals surface area contributed by atoms with Crippen molar-refractivity contribution in [3.05, 3.63) is 40.7 Å². The van der Waals surface area contributed by atoms with Crippen LogP contribution in [0.3, 0.4) is 0 Å². The van der Waals surface area contributed by atoms with Gasteiger partial charge in [-0.05, 0) is 16.9 Å². The van der Waals surface area contributed by atoms with Gasteiger partial charge in [0.25, 0.3) is 0 Å². The van der Waals surface area contributed by atoms with E-state index in [-0.39, 0.29) is 5.56 Å². The number of benzene rings is 1.